The maximum absolute atomic E-state index is 8.71. The number of hydrogen-bond acceptors (Lipinski definition) is 2. The first-order valence-corrected chi connectivity index (χ1v) is 5.09. The molecule has 1 aromatic carbocycles. The molecule has 2 aromatic rings. The lowest BCUT2D eigenvalue weighted by molar-refractivity contribution is 0.875. The molecule has 0 amide bonds. The summed E-state index contributed by atoms with van der Waals surface area (Å²) in [6, 6.07) is 9.51. The topological polar surface area (TPSA) is 41.6 Å². The molecule has 0 aliphatic heterocycles. The number of nitriles is 1. The van der Waals surface area contributed by atoms with Crippen LogP contribution in [0.3, 0.4) is 0 Å². The highest BCUT2D eigenvalue weighted by atomic mass is 127. The quantitative estimate of drug-likeness (QED) is 0.758. The second kappa shape index (κ2) is 3.80. The van der Waals surface area contributed by atoms with Crippen molar-refractivity contribution in [3.8, 4) is 11.8 Å². The third-order valence-electron chi connectivity index (χ3n) is 1.83. The maximum Gasteiger partial charge on any atom is 0.0992 e. The summed E-state index contributed by atoms with van der Waals surface area (Å²) in [7, 11) is 0. The second-order valence-corrected chi connectivity index (χ2v) is 3.89. The average molecular weight is 295 g/mol. The number of rotatable bonds is 1. The molecule has 1 heterocycles. The molecular weight excluding hydrogens is 289 g/mol. The first-order chi connectivity index (χ1) is 6.81. The van der Waals surface area contributed by atoms with Crippen LogP contribution in [-0.4, -0.2) is 9.78 Å². The minimum atomic E-state index is 0.672. The largest absolute Gasteiger partial charge is 0.240 e. The summed E-state index contributed by atoms with van der Waals surface area (Å²) in [5.41, 5.74) is 1.67. The van der Waals surface area contributed by atoms with Crippen LogP contribution in [0, 0.1) is 14.9 Å². The number of hydrogen-bond donors (Lipinski definition) is 0. The molecule has 0 atom stereocenters. The van der Waals surface area contributed by atoms with Crippen molar-refractivity contribution in [1.82, 2.24) is 9.78 Å². The fourth-order valence-electron chi connectivity index (χ4n) is 1.17. The summed E-state index contributed by atoms with van der Waals surface area (Å²) in [5, 5.41) is 12.8. The fraction of sp³-hybridized carbons (Fsp3) is 0. The molecule has 68 valence electrons. The van der Waals surface area contributed by atoms with Crippen LogP contribution in [0.2, 0.25) is 0 Å². The number of halogens is 1. The Balaban J connectivity index is 2.52. The van der Waals surface area contributed by atoms with Gasteiger partial charge in [0.2, 0.25) is 0 Å². The van der Waals surface area contributed by atoms with Crippen LogP contribution in [0.4, 0.5) is 0 Å². The van der Waals surface area contributed by atoms with Gasteiger partial charge in [-0.2, -0.15) is 10.4 Å². The summed E-state index contributed by atoms with van der Waals surface area (Å²) in [5.74, 6) is 0. The van der Waals surface area contributed by atoms with E-state index in [2.05, 4.69) is 33.8 Å². The molecule has 0 saturated carbocycles. The fourth-order valence-corrected chi connectivity index (χ4v) is 1.94. The first-order valence-electron chi connectivity index (χ1n) is 4.01. The molecule has 0 unspecified atom stereocenters. The Morgan fingerprint density at radius 1 is 1.43 bits per heavy atom. The Labute approximate surface area is 95.1 Å². The molecule has 3 nitrogen and oxygen atoms in total. The summed E-state index contributed by atoms with van der Waals surface area (Å²) in [6.45, 7) is 0. The SMILES string of the molecule is N#Cc1ccc(-n2cccn2)c(I)c1. The molecule has 14 heavy (non-hydrogen) atoms. The van der Waals surface area contributed by atoms with Crippen molar-refractivity contribution in [2.24, 2.45) is 0 Å². The Hall–Kier alpha value is -1.35. The molecule has 0 fully saturated rings. The zero-order valence-corrected chi connectivity index (χ0v) is 9.34. The predicted molar refractivity (Wildman–Crippen MR) is 61.0 cm³/mol. The van der Waals surface area contributed by atoms with Gasteiger partial charge in [-0.1, -0.05) is 0 Å². The molecule has 0 N–H and O–H groups in total. The van der Waals surface area contributed by atoms with Crippen molar-refractivity contribution < 1.29 is 0 Å². The lowest BCUT2D eigenvalue weighted by Crippen LogP contribution is -1.97. The highest BCUT2D eigenvalue weighted by Crippen LogP contribution is 2.17. The molecule has 0 aliphatic carbocycles. The molecule has 4 heteroatoms. The van der Waals surface area contributed by atoms with Gasteiger partial charge in [0, 0.05) is 16.0 Å². The summed E-state index contributed by atoms with van der Waals surface area (Å²) in [4.78, 5) is 0. The molecule has 1 aromatic heterocycles. The van der Waals surface area contributed by atoms with E-state index in [1.54, 1.807) is 16.9 Å². The third kappa shape index (κ3) is 1.63. The Kier molecular flexibility index (Phi) is 2.50. The van der Waals surface area contributed by atoms with Gasteiger partial charge < -0.3 is 0 Å². The zero-order valence-electron chi connectivity index (χ0n) is 7.18. The molecule has 0 spiro atoms. The van der Waals surface area contributed by atoms with Gasteiger partial charge in [0.25, 0.3) is 0 Å². The van der Waals surface area contributed by atoms with Crippen LogP contribution in [0.5, 0.6) is 0 Å². The highest BCUT2D eigenvalue weighted by molar-refractivity contribution is 14.1. The van der Waals surface area contributed by atoms with Crippen LogP contribution in [-0.2, 0) is 0 Å². The lowest BCUT2D eigenvalue weighted by atomic mass is 10.2. The van der Waals surface area contributed by atoms with E-state index in [1.165, 1.54) is 0 Å². The van der Waals surface area contributed by atoms with Crippen LogP contribution in [0.1, 0.15) is 5.56 Å². The molecule has 0 aliphatic rings. The maximum atomic E-state index is 8.71. The molecule has 2 rings (SSSR count). The summed E-state index contributed by atoms with van der Waals surface area (Å²) in [6.07, 6.45) is 3.61. The van der Waals surface area contributed by atoms with Gasteiger partial charge in [-0.25, -0.2) is 4.68 Å². The van der Waals surface area contributed by atoms with E-state index in [0.29, 0.717) is 5.56 Å². The van der Waals surface area contributed by atoms with Crippen molar-refractivity contribution in [3.05, 3.63) is 45.8 Å². The first kappa shape index (κ1) is 9.21. The Morgan fingerprint density at radius 3 is 2.86 bits per heavy atom. The van der Waals surface area contributed by atoms with Gasteiger partial charge in [-0.05, 0) is 46.9 Å². The van der Waals surface area contributed by atoms with Gasteiger partial charge in [0.15, 0.2) is 0 Å². The van der Waals surface area contributed by atoms with Gasteiger partial charge in [0.1, 0.15) is 0 Å². The van der Waals surface area contributed by atoms with Crippen molar-refractivity contribution in [2.75, 3.05) is 0 Å². The van der Waals surface area contributed by atoms with Gasteiger partial charge in [0.05, 0.1) is 17.3 Å². The minimum absolute atomic E-state index is 0.672. The van der Waals surface area contributed by atoms with Gasteiger partial charge in [-0.3, -0.25) is 0 Å². The van der Waals surface area contributed by atoms with Crippen LogP contribution in [0.25, 0.3) is 5.69 Å². The third-order valence-corrected chi connectivity index (χ3v) is 2.69. The summed E-state index contributed by atoms with van der Waals surface area (Å²) < 4.78 is 2.80. The zero-order chi connectivity index (χ0) is 9.97. The number of benzene rings is 1. The van der Waals surface area contributed by atoms with Crippen LogP contribution in [0.15, 0.2) is 36.7 Å². The number of aromatic nitrogens is 2. The van der Waals surface area contributed by atoms with Crippen molar-refractivity contribution >= 4 is 22.6 Å². The lowest BCUT2D eigenvalue weighted by Gasteiger charge is -2.03. The normalized spacial score (nSPS) is 9.71. The standard InChI is InChI=1S/C10H6IN3/c11-9-6-8(7-12)2-3-10(9)14-5-1-4-13-14/h1-6H. The van der Waals surface area contributed by atoms with E-state index in [1.807, 2.05) is 24.4 Å². The van der Waals surface area contributed by atoms with E-state index in [4.69, 9.17) is 5.26 Å². The van der Waals surface area contributed by atoms with E-state index in [0.717, 1.165) is 9.26 Å². The second-order valence-electron chi connectivity index (χ2n) is 2.73. The van der Waals surface area contributed by atoms with E-state index >= 15 is 0 Å². The summed E-state index contributed by atoms with van der Waals surface area (Å²) >= 11 is 2.20. The van der Waals surface area contributed by atoms with E-state index < -0.39 is 0 Å². The molecule has 0 saturated heterocycles. The number of nitrogens with zero attached hydrogens (tertiary/aromatic N) is 3. The van der Waals surface area contributed by atoms with E-state index in [9.17, 15) is 0 Å². The van der Waals surface area contributed by atoms with Gasteiger partial charge in [-0.15, -0.1) is 0 Å². The molecule has 0 radical (unpaired) electrons. The van der Waals surface area contributed by atoms with Gasteiger partial charge >= 0.3 is 0 Å². The minimum Gasteiger partial charge on any atom is -0.240 e. The van der Waals surface area contributed by atoms with Crippen molar-refractivity contribution in [2.45, 2.75) is 0 Å². The Morgan fingerprint density at radius 2 is 2.29 bits per heavy atom. The van der Waals surface area contributed by atoms with Crippen molar-refractivity contribution in [3.63, 3.8) is 0 Å². The van der Waals surface area contributed by atoms with Crippen LogP contribution >= 0.6 is 22.6 Å². The average Bonchev–Trinajstić information content (AvgIpc) is 2.70. The Bertz CT molecular complexity index is 483. The smallest absolute Gasteiger partial charge is 0.0992 e. The van der Waals surface area contributed by atoms with Crippen molar-refractivity contribution in [1.29, 1.82) is 5.26 Å². The molecular formula is C10H6IN3. The molecule has 0 bridgehead atoms. The highest BCUT2D eigenvalue weighted by Gasteiger charge is 2.02. The predicted octanol–water partition coefficient (Wildman–Crippen LogP) is 2.35. The van der Waals surface area contributed by atoms with E-state index in [-0.39, 0.29) is 0 Å². The van der Waals surface area contributed by atoms with Crippen LogP contribution < -0.4 is 0 Å². The monoisotopic (exact) mass is 295 g/mol.